The first-order valence-corrected chi connectivity index (χ1v) is 12.6. The van der Waals surface area contributed by atoms with Gasteiger partial charge in [-0.2, -0.15) is 0 Å². The maximum absolute atomic E-state index is 13.2. The lowest BCUT2D eigenvalue weighted by Crippen LogP contribution is -2.15. The summed E-state index contributed by atoms with van der Waals surface area (Å²) in [5.41, 5.74) is 23.8. The first kappa shape index (κ1) is 25.4. The lowest BCUT2D eigenvalue weighted by atomic mass is 9.81. The van der Waals surface area contributed by atoms with Crippen molar-refractivity contribution in [3.8, 4) is 33.4 Å². The Bertz CT molecular complexity index is 1390. The van der Waals surface area contributed by atoms with E-state index in [1.165, 1.54) is 33.4 Å². The third-order valence-corrected chi connectivity index (χ3v) is 7.24. The lowest BCUT2D eigenvalue weighted by Gasteiger charge is -2.23. The summed E-state index contributed by atoms with van der Waals surface area (Å²) in [6, 6.07) is 17.6. The summed E-state index contributed by atoms with van der Waals surface area (Å²) in [6.07, 6.45) is 0. The zero-order valence-electron chi connectivity index (χ0n) is 23.1. The minimum absolute atomic E-state index is 0.400. The van der Waals surface area contributed by atoms with Gasteiger partial charge in [-0.3, -0.25) is 4.79 Å². The highest BCUT2D eigenvalue weighted by atomic mass is 16.1. The van der Waals surface area contributed by atoms with Gasteiger partial charge in [-0.05, 0) is 141 Å². The van der Waals surface area contributed by atoms with Crippen LogP contribution in [0.15, 0.2) is 48.5 Å². The smallest absolute Gasteiger partial charge is 0.249 e. The summed E-state index contributed by atoms with van der Waals surface area (Å²) in [5, 5.41) is 0. The predicted octanol–water partition coefficient (Wildman–Crippen LogP) is 8.56. The minimum Gasteiger partial charge on any atom is -0.366 e. The van der Waals surface area contributed by atoms with Gasteiger partial charge in [0, 0.05) is 0 Å². The van der Waals surface area contributed by atoms with Crippen LogP contribution in [0.1, 0.15) is 60.4 Å². The Morgan fingerprint density at radius 3 is 1.03 bits per heavy atom. The van der Waals surface area contributed by atoms with Crippen molar-refractivity contribution >= 4 is 5.91 Å². The molecular weight excluding hydrogens is 438 g/mol. The van der Waals surface area contributed by atoms with E-state index in [0.717, 1.165) is 50.1 Å². The second-order valence-corrected chi connectivity index (χ2v) is 10.6. The summed E-state index contributed by atoms with van der Waals surface area (Å²) in [7, 11) is 0. The molecule has 0 atom stereocenters. The fourth-order valence-corrected chi connectivity index (χ4v) is 6.29. The zero-order valence-corrected chi connectivity index (χ0v) is 23.1. The van der Waals surface area contributed by atoms with E-state index in [9.17, 15) is 4.79 Å². The molecule has 4 aromatic carbocycles. The second-order valence-electron chi connectivity index (χ2n) is 10.6. The molecule has 2 N–H and O–H groups in total. The molecule has 184 valence electrons. The van der Waals surface area contributed by atoms with E-state index in [-0.39, 0.29) is 0 Å². The van der Waals surface area contributed by atoms with Crippen LogP contribution >= 0.6 is 0 Å². The average Bonchev–Trinajstić information content (AvgIpc) is 2.71. The molecule has 0 unspecified atom stereocenters. The maximum Gasteiger partial charge on any atom is 0.249 e. The van der Waals surface area contributed by atoms with Crippen molar-refractivity contribution in [2.24, 2.45) is 5.73 Å². The van der Waals surface area contributed by atoms with Crippen LogP contribution in [-0.4, -0.2) is 5.91 Å². The van der Waals surface area contributed by atoms with Crippen LogP contribution in [0.25, 0.3) is 33.4 Å². The summed E-state index contributed by atoms with van der Waals surface area (Å²) in [5.74, 6) is -0.400. The number of carbonyl (C=O) groups is 1. The standard InChI is InChI=1S/C34H37NO/c1-18-10-21(4)30(22(5)11-18)27-16-28(31-23(6)12-19(2)13-24(31)7)33(34(35)36)29(17-27)32-25(8)14-20(3)15-26(32)9/h10-17H,1-9H3,(H2,35,36). The normalized spacial score (nSPS) is 11.1. The van der Waals surface area contributed by atoms with E-state index in [4.69, 9.17) is 5.73 Å². The number of rotatable bonds is 4. The van der Waals surface area contributed by atoms with Gasteiger partial charge < -0.3 is 5.73 Å². The molecule has 0 aromatic heterocycles. The van der Waals surface area contributed by atoms with Gasteiger partial charge in [0.1, 0.15) is 0 Å². The summed E-state index contributed by atoms with van der Waals surface area (Å²) >= 11 is 0. The largest absolute Gasteiger partial charge is 0.366 e. The van der Waals surface area contributed by atoms with Crippen LogP contribution in [0.2, 0.25) is 0 Å². The van der Waals surface area contributed by atoms with Gasteiger partial charge in [0.05, 0.1) is 5.56 Å². The van der Waals surface area contributed by atoms with Gasteiger partial charge in [-0.1, -0.05) is 53.1 Å². The van der Waals surface area contributed by atoms with E-state index in [2.05, 4.69) is 111 Å². The van der Waals surface area contributed by atoms with Gasteiger partial charge >= 0.3 is 0 Å². The molecule has 0 aliphatic rings. The Labute approximate surface area is 216 Å². The molecule has 0 aliphatic carbocycles. The molecule has 4 aromatic rings. The molecular formula is C34H37NO. The van der Waals surface area contributed by atoms with Crippen LogP contribution in [0.4, 0.5) is 0 Å². The van der Waals surface area contributed by atoms with Crippen LogP contribution in [0.5, 0.6) is 0 Å². The molecule has 0 aliphatic heterocycles. The number of nitrogens with two attached hydrogens (primary N) is 1. The van der Waals surface area contributed by atoms with Crippen LogP contribution in [0, 0.1) is 62.3 Å². The van der Waals surface area contributed by atoms with Crippen molar-refractivity contribution in [1.29, 1.82) is 0 Å². The Morgan fingerprint density at radius 1 is 0.472 bits per heavy atom. The molecule has 0 fully saturated rings. The maximum atomic E-state index is 13.2. The molecule has 0 saturated heterocycles. The third-order valence-electron chi connectivity index (χ3n) is 7.24. The third kappa shape index (κ3) is 4.48. The number of hydrogen-bond acceptors (Lipinski definition) is 1. The Balaban J connectivity index is 2.23. The highest BCUT2D eigenvalue weighted by Crippen LogP contribution is 2.43. The van der Waals surface area contributed by atoms with Crippen molar-refractivity contribution in [3.05, 3.63) is 104 Å². The van der Waals surface area contributed by atoms with Crippen molar-refractivity contribution in [2.45, 2.75) is 62.3 Å². The van der Waals surface area contributed by atoms with Crippen LogP contribution < -0.4 is 5.73 Å². The number of primary amides is 1. The molecule has 0 radical (unpaired) electrons. The molecule has 4 rings (SSSR count). The fourth-order valence-electron chi connectivity index (χ4n) is 6.29. The second kappa shape index (κ2) is 9.43. The minimum atomic E-state index is -0.400. The topological polar surface area (TPSA) is 43.1 Å². The van der Waals surface area contributed by atoms with Gasteiger partial charge in [-0.25, -0.2) is 0 Å². The van der Waals surface area contributed by atoms with Crippen LogP contribution in [0.3, 0.4) is 0 Å². The van der Waals surface area contributed by atoms with Gasteiger partial charge in [0.25, 0.3) is 0 Å². The molecule has 2 heteroatoms. The Kier molecular flexibility index (Phi) is 6.66. The van der Waals surface area contributed by atoms with E-state index in [1.807, 2.05) is 0 Å². The van der Waals surface area contributed by atoms with Crippen molar-refractivity contribution in [3.63, 3.8) is 0 Å². The van der Waals surface area contributed by atoms with Crippen molar-refractivity contribution < 1.29 is 4.79 Å². The first-order chi connectivity index (χ1) is 16.9. The number of aryl methyl sites for hydroxylation is 9. The highest BCUT2D eigenvalue weighted by Gasteiger charge is 2.24. The SMILES string of the molecule is Cc1cc(C)c(-c2cc(-c3c(C)cc(C)cc3C)c(C(N)=O)c(-c3c(C)cc(C)cc3C)c2)c(C)c1. The molecule has 2 nitrogen and oxygen atoms in total. The average molecular weight is 476 g/mol. The van der Waals surface area contributed by atoms with Gasteiger partial charge in [-0.15, -0.1) is 0 Å². The lowest BCUT2D eigenvalue weighted by molar-refractivity contribution is 0.100. The zero-order chi connectivity index (χ0) is 26.5. The molecule has 0 bridgehead atoms. The number of benzene rings is 4. The van der Waals surface area contributed by atoms with Gasteiger partial charge in [0.15, 0.2) is 0 Å². The fraction of sp³-hybridized carbons (Fsp3) is 0.265. The molecule has 0 saturated carbocycles. The Morgan fingerprint density at radius 2 is 0.750 bits per heavy atom. The van der Waals surface area contributed by atoms with E-state index < -0.39 is 5.91 Å². The molecule has 1 amide bonds. The quantitative estimate of drug-likeness (QED) is 0.316. The molecule has 0 spiro atoms. The number of amides is 1. The van der Waals surface area contributed by atoms with E-state index >= 15 is 0 Å². The van der Waals surface area contributed by atoms with Crippen LogP contribution in [-0.2, 0) is 0 Å². The highest BCUT2D eigenvalue weighted by molar-refractivity contribution is 6.08. The summed E-state index contributed by atoms with van der Waals surface area (Å²) in [4.78, 5) is 13.2. The summed E-state index contributed by atoms with van der Waals surface area (Å²) in [6.45, 7) is 19.2. The monoisotopic (exact) mass is 475 g/mol. The van der Waals surface area contributed by atoms with E-state index in [0.29, 0.717) is 5.56 Å². The van der Waals surface area contributed by atoms with Crippen molar-refractivity contribution in [2.75, 3.05) is 0 Å². The van der Waals surface area contributed by atoms with Gasteiger partial charge in [0.2, 0.25) is 5.91 Å². The van der Waals surface area contributed by atoms with Crippen molar-refractivity contribution in [1.82, 2.24) is 0 Å². The molecule has 0 heterocycles. The Hall–Kier alpha value is -3.65. The summed E-state index contributed by atoms with van der Waals surface area (Å²) < 4.78 is 0. The number of hydrogen-bond donors (Lipinski definition) is 1. The number of carbonyl (C=O) groups excluding carboxylic acids is 1. The van der Waals surface area contributed by atoms with E-state index in [1.54, 1.807) is 0 Å². The first-order valence-electron chi connectivity index (χ1n) is 12.6. The molecule has 36 heavy (non-hydrogen) atoms. The predicted molar refractivity (Wildman–Crippen MR) is 154 cm³/mol.